The molecule has 0 aliphatic carbocycles. The predicted octanol–water partition coefficient (Wildman–Crippen LogP) is 3.70. The van der Waals surface area contributed by atoms with Gasteiger partial charge in [-0.3, -0.25) is 9.59 Å². The van der Waals surface area contributed by atoms with Crippen LogP contribution in [0.2, 0.25) is 5.02 Å². The number of carbonyl (C=O) groups is 2. The number of aromatic hydroxyl groups is 1. The summed E-state index contributed by atoms with van der Waals surface area (Å²) in [7, 11) is 3.00. The lowest BCUT2D eigenvalue weighted by molar-refractivity contribution is -0.136. The van der Waals surface area contributed by atoms with Crippen molar-refractivity contribution < 1.29 is 29.3 Å². The number of benzene rings is 2. The van der Waals surface area contributed by atoms with Crippen molar-refractivity contribution in [2.45, 2.75) is 12.8 Å². The minimum Gasteiger partial charge on any atom is -0.506 e. The Morgan fingerprint density at radius 1 is 1.20 bits per heavy atom. The summed E-state index contributed by atoms with van der Waals surface area (Å²) in [5.74, 6) is -0.552. The molecule has 0 saturated carbocycles. The second-order valence-corrected chi connectivity index (χ2v) is 6.45. The van der Waals surface area contributed by atoms with Gasteiger partial charge in [0, 0.05) is 17.5 Å². The maximum Gasteiger partial charge on any atom is 0.303 e. The second-order valence-electron chi connectivity index (χ2n) is 6.05. The van der Waals surface area contributed by atoms with Crippen LogP contribution in [0.15, 0.2) is 41.5 Å². The van der Waals surface area contributed by atoms with E-state index in [1.807, 2.05) is 0 Å². The van der Waals surface area contributed by atoms with Crippen molar-refractivity contribution in [3.8, 4) is 17.2 Å². The van der Waals surface area contributed by atoms with E-state index in [0.29, 0.717) is 29.0 Å². The van der Waals surface area contributed by atoms with E-state index in [1.54, 1.807) is 24.3 Å². The van der Waals surface area contributed by atoms with E-state index in [9.17, 15) is 14.7 Å². The third-order valence-electron chi connectivity index (χ3n) is 3.94. The molecule has 0 unspecified atom stereocenters. The maximum absolute atomic E-state index is 12.1. The van der Waals surface area contributed by atoms with Crippen LogP contribution in [0.25, 0.3) is 6.08 Å². The Kier molecular flexibility index (Phi) is 8.25. The number of nitrogens with one attached hydrogen (secondary N) is 1. The number of rotatable bonds is 9. The van der Waals surface area contributed by atoms with E-state index in [-0.39, 0.29) is 22.8 Å². The van der Waals surface area contributed by atoms with Gasteiger partial charge in [-0.05, 0) is 42.3 Å². The zero-order valence-electron chi connectivity index (χ0n) is 16.4. The van der Waals surface area contributed by atoms with Crippen molar-refractivity contribution >= 4 is 35.8 Å². The van der Waals surface area contributed by atoms with Crippen LogP contribution >= 0.6 is 11.6 Å². The van der Waals surface area contributed by atoms with Gasteiger partial charge in [0.05, 0.1) is 25.5 Å². The Bertz CT molecular complexity index is 988. The van der Waals surface area contributed by atoms with Crippen LogP contribution in [0, 0.1) is 0 Å². The summed E-state index contributed by atoms with van der Waals surface area (Å²) in [6.45, 7) is 0. The third kappa shape index (κ3) is 6.25. The number of carbonyl (C=O) groups excluding carboxylic acids is 1. The van der Waals surface area contributed by atoms with Crippen molar-refractivity contribution in [3.63, 3.8) is 0 Å². The largest absolute Gasteiger partial charge is 0.506 e. The number of hydrogen-bond acceptors (Lipinski definition) is 6. The molecule has 0 atom stereocenters. The van der Waals surface area contributed by atoms with Crippen molar-refractivity contribution in [1.29, 1.82) is 0 Å². The highest BCUT2D eigenvalue weighted by Crippen LogP contribution is 2.33. The van der Waals surface area contributed by atoms with Crippen molar-refractivity contribution in [2.24, 2.45) is 5.10 Å². The topological polar surface area (TPSA) is 117 Å². The normalized spacial score (nSPS) is 11.0. The predicted molar refractivity (Wildman–Crippen MR) is 114 cm³/mol. The number of phenolic OH excluding ortho intramolecular Hbond substituents is 1. The van der Waals surface area contributed by atoms with Crippen LogP contribution in [0.4, 0.5) is 0 Å². The Morgan fingerprint density at radius 2 is 1.97 bits per heavy atom. The van der Waals surface area contributed by atoms with Crippen molar-refractivity contribution in [3.05, 3.63) is 58.1 Å². The van der Waals surface area contributed by atoms with Gasteiger partial charge in [0.1, 0.15) is 5.75 Å². The SMILES string of the molecule is COc1cc(C=NNC(=O)c2ccc(O)c(Cl)c2)cc(C=CCCC(=O)O)c1OC. The Hall–Kier alpha value is -3.52. The number of methoxy groups -OCH3 is 2. The molecule has 2 aromatic carbocycles. The summed E-state index contributed by atoms with van der Waals surface area (Å²) < 4.78 is 10.7. The van der Waals surface area contributed by atoms with Gasteiger partial charge in [0.25, 0.3) is 5.91 Å². The zero-order valence-corrected chi connectivity index (χ0v) is 17.1. The number of ether oxygens (including phenoxy) is 2. The summed E-state index contributed by atoms with van der Waals surface area (Å²) >= 11 is 5.80. The minimum atomic E-state index is -0.879. The molecule has 0 aromatic heterocycles. The Labute approximate surface area is 178 Å². The lowest BCUT2D eigenvalue weighted by Crippen LogP contribution is -2.17. The van der Waals surface area contributed by atoms with Crippen LogP contribution in [-0.2, 0) is 4.79 Å². The second kappa shape index (κ2) is 10.9. The highest BCUT2D eigenvalue weighted by molar-refractivity contribution is 6.32. The van der Waals surface area contributed by atoms with Gasteiger partial charge in [-0.1, -0.05) is 23.8 Å². The monoisotopic (exact) mass is 432 g/mol. The fourth-order valence-electron chi connectivity index (χ4n) is 2.51. The average Bonchev–Trinajstić information content (AvgIpc) is 2.72. The van der Waals surface area contributed by atoms with Crippen LogP contribution in [-0.4, -0.2) is 42.5 Å². The summed E-state index contributed by atoms with van der Waals surface area (Å²) in [5, 5.41) is 22.2. The smallest absolute Gasteiger partial charge is 0.303 e. The molecule has 9 heteroatoms. The molecule has 1 amide bonds. The van der Waals surface area contributed by atoms with E-state index in [0.717, 1.165) is 0 Å². The Morgan fingerprint density at radius 3 is 2.60 bits per heavy atom. The van der Waals surface area contributed by atoms with E-state index in [2.05, 4.69) is 10.5 Å². The van der Waals surface area contributed by atoms with Crippen LogP contribution in [0.1, 0.15) is 34.3 Å². The molecular formula is C21H21ClN2O6. The summed E-state index contributed by atoms with van der Waals surface area (Å²) in [4.78, 5) is 22.8. The molecule has 0 saturated heterocycles. The first kappa shape index (κ1) is 22.8. The molecule has 0 aliphatic rings. The average molecular weight is 433 g/mol. The van der Waals surface area contributed by atoms with E-state index >= 15 is 0 Å². The van der Waals surface area contributed by atoms with Crippen LogP contribution < -0.4 is 14.9 Å². The molecule has 2 rings (SSSR count). The Balaban J connectivity index is 2.19. The van der Waals surface area contributed by atoms with E-state index in [1.165, 1.54) is 38.6 Å². The molecule has 0 fully saturated rings. The molecule has 3 N–H and O–H groups in total. The molecule has 0 heterocycles. The molecule has 0 bridgehead atoms. The molecule has 0 aliphatic heterocycles. The molecule has 0 radical (unpaired) electrons. The highest BCUT2D eigenvalue weighted by atomic mass is 35.5. The zero-order chi connectivity index (χ0) is 22.1. The molecule has 2 aromatic rings. The first-order valence-electron chi connectivity index (χ1n) is 8.82. The third-order valence-corrected chi connectivity index (χ3v) is 4.24. The number of carboxylic acid groups (broad SMARTS) is 1. The standard InChI is InChI=1S/C21H21ClN2O6/c1-29-18-10-13(9-14(20(18)30-2)5-3-4-6-19(26)27)12-23-24-21(28)15-7-8-17(25)16(22)11-15/h3,5,7-12,25H,4,6H2,1-2H3,(H,24,28)(H,26,27). The fraction of sp³-hybridized carbons (Fsp3) is 0.190. The summed E-state index contributed by atoms with van der Waals surface area (Å²) in [5.41, 5.74) is 3.91. The number of carboxylic acids is 1. The quantitative estimate of drug-likeness (QED) is 0.410. The van der Waals surface area contributed by atoms with Gasteiger partial charge >= 0.3 is 5.97 Å². The number of amides is 1. The summed E-state index contributed by atoms with van der Waals surface area (Å²) in [6, 6.07) is 7.51. The van der Waals surface area contributed by atoms with Crippen LogP contribution in [0.5, 0.6) is 17.2 Å². The van der Waals surface area contributed by atoms with Gasteiger partial charge in [0.2, 0.25) is 0 Å². The summed E-state index contributed by atoms with van der Waals surface area (Å²) in [6.07, 6.45) is 5.27. The van der Waals surface area contributed by atoms with Gasteiger partial charge in [-0.25, -0.2) is 5.43 Å². The van der Waals surface area contributed by atoms with Gasteiger partial charge in [-0.15, -0.1) is 0 Å². The van der Waals surface area contributed by atoms with Gasteiger partial charge in [0.15, 0.2) is 11.5 Å². The number of aliphatic carboxylic acids is 1. The molecule has 158 valence electrons. The molecule has 8 nitrogen and oxygen atoms in total. The van der Waals surface area contributed by atoms with E-state index < -0.39 is 11.9 Å². The molecule has 30 heavy (non-hydrogen) atoms. The molecule has 0 spiro atoms. The maximum atomic E-state index is 12.1. The van der Waals surface area contributed by atoms with Crippen molar-refractivity contribution in [2.75, 3.05) is 14.2 Å². The molecular weight excluding hydrogens is 412 g/mol. The number of phenols is 1. The number of halogens is 1. The minimum absolute atomic E-state index is 0.0183. The fourth-order valence-corrected chi connectivity index (χ4v) is 2.69. The number of nitrogens with zero attached hydrogens (tertiary/aromatic N) is 1. The highest BCUT2D eigenvalue weighted by Gasteiger charge is 2.11. The van der Waals surface area contributed by atoms with E-state index in [4.69, 9.17) is 26.2 Å². The van der Waals surface area contributed by atoms with Gasteiger partial charge < -0.3 is 19.7 Å². The van der Waals surface area contributed by atoms with Crippen LogP contribution in [0.3, 0.4) is 0 Å². The van der Waals surface area contributed by atoms with Crippen molar-refractivity contribution in [1.82, 2.24) is 5.43 Å². The first-order chi connectivity index (χ1) is 14.3. The lowest BCUT2D eigenvalue weighted by atomic mass is 10.1. The lowest BCUT2D eigenvalue weighted by Gasteiger charge is -2.12. The number of hydrazone groups is 1. The first-order valence-corrected chi connectivity index (χ1v) is 9.19. The number of hydrogen-bond donors (Lipinski definition) is 3. The number of allylic oxidation sites excluding steroid dienone is 1. The van der Waals surface area contributed by atoms with Gasteiger partial charge in [-0.2, -0.15) is 5.10 Å².